The van der Waals surface area contributed by atoms with E-state index in [1.165, 1.54) is 0 Å². The van der Waals surface area contributed by atoms with E-state index >= 15 is 0 Å². The number of nitrogens with one attached hydrogen (secondary N) is 2. The molecule has 2 N–H and O–H groups in total. The smallest absolute Gasteiger partial charge is 0.414 e. The number of amidine groups is 1. The molecule has 2 aliphatic heterocycles. The predicted octanol–water partition coefficient (Wildman–Crippen LogP) is 2.34. The molecule has 0 radical (unpaired) electrons. The summed E-state index contributed by atoms with van der Waals surface area (Å²) in [5.41, 5.74) is 1.70. The molecule has 196 valence electrons. The Bertz CT molecular complexity index is 1100. The maximum absolute atomic E-state index is 12.5. The van der Waals surface area contributed by atoms with Gasteiger partial charge in [-0.3, -0.25) is 24.8 Å². The molecule has 2 heterocycles. The summed E-state index contributed by atoms with van der Waals surface area (Å²) >= 11 is 0. The normalized spacial score (nSPS) is 18.4. The Balaban J connectivity index is 1.23. The van der Waals surface area contributed by atoms with Crippen molar-refractivity contribution in [1.29, 1.82) is 5.41 Å². The van der Waals surface area contributed by atoms with E-state index in [4.69, 9.17) is 14.9 Å². The molecule has 10 nitrogen and oxygen atoms in total. The van der Waals surface area contributed by atoms with Gasteiger partial charge in [-0.05, 0) is 43.3 Å². The third kappa shape index (κ3) is 7.14. The van der Waals surface area contributed by atoms with Crippen LogP contribution in [0.25, 0.3) is 0 Å². The molecule has 2 saturated heterocycles. The second-order valence-corrected chi connectivity index (χ2v) is 9.06. The predicted molar refractivity (Wildman–Crippen MR) is 139 cm³/mol. The number of anilines is 1. The van der Waals surface area contributed by atoms with Crippen LogP contribution < -0.4 is 10.2 Å². The Labute approximate surface area is 216 Å². The Morgan fingerprint density at radius 1 is 1.00 bits per heavy atom. The number of cyclic esters (lactones) is 1. The Morgan fingerprint density at radius 3 is 2.35 bits per heavy atom. The molecule has 2 aromatic rings. The summed E-state index contributed by atoms with van der Waals surface area (Å²) in [5.74, 6) is -0.520. The van der Waals surface area contributed by atoms with Crippen LogP contribution >= 0.6 is 0 Å². The van der Waals surface area contributed by atoms with Gasteiger partial charge < -0.3 is 19.7 Å². The first kappa shape index (κ1) is 26.3. The molecule has 0 spiro atoms. The van der Waals surface area contributed by atoms with Gasteiger partial charge >= 0.3 is 12.1 Å². The van der Waals surface area contributed by atoms with Gasteiger partial charge in [0.15, 0.2) is 0 Å². The molecule has 0 aliphatic carbocycles. The third-order valence-corrected chi connectivity index (χ3v) is 6.48. The Kier molecular flexibility index (Phi) is 8.86. The lowest BCUT2D eigenvalue weighted by Crippen LogP contribution is -2.49. The van der Waals surface area contributed by atoms with Crippen molar-refractivity contribution < 1.29 is 23.9 Å². The van der Waals surface area contributed by atoms with Crippen molar-refractivity contribution in [3.8, 4) is 0 Å². The van der Waals surface area contributed by atoms with Crippen molar-refractivity contribution >= 4 is 29.5 Å². The summed E-state index contributed by atoms with van der Waals surface area (Å²) in [6.45, 7) is 7.43. The van der Waals surface area contributed by atoms with E-state index in [9.17, 15) is 14.4 Å². The molecule has 2 fully saturated rings. The van der Waals surface area contributed by atoms with Crippen LogP contribution in [0.1, 0.15) is 29.3 Å². The average molecular weight is 508 g/mol. The molecule has 2 amide bonds. The zero-order valence-electron chi connectivity index (χ0n) is 21.0. The number of esters is 1. The largest absolute Gasteiger partial charge is 0.466 e. The quantitative estimate of drug-likeness (QED) is 0.304. The highest BCUT2D eigenvalue weighted by atomic mass is 16.6. The second kappa shape index (κ2) is 12.5. The average Bonchev–Trinajstić information content (AvgIpc) is 3.28. The van der Waals surface area contributed by atoms with Gasteiger partial charge in [0.1, 0.15) is 11.9 Å². The van der Waals surface area contributed by atoms with Crippen LogP contribution in [0.4, 0.5) is 10.5 Å². The summed E-state index contributed by atoms with van der Waals surface area (Å²) in [6, 6.07) is 15.7. The van der Waals surface area contributed by atoms with Crippen LogP contribution in [0.3, 0.4) is 0 Å². The van der Waals surface area contributed by atoms with Crippen LogP contribution in [-0.4, -0.2) is 92.1 Å². The van der Waals surface area contributed by atoms with Crippen LogP contribution in [-0.2, 0) is 14.3 Å². The molecule has 0 aromatic heterocycles. The molecule has 2 aliphatic rings. The minimum absolute atomic E-state index is 0.0105. The molecule has 0 unspecified atom stereocenters. The lowest BCUT2D eigenvalue weighted by Gasteiger charge is -2.35. The maximum Gasteiger partial charge on any atom is 0.414 e. The highest BCUT2D eigenvalue weighted by molar-refractivity contribution is 6.11. The van der Waals surface area contributed by atoms with Gasteiger partial charge in [0.25, 0.3) is 5.91 Å². The molecule has 4 rings (SSSR count). The second-order valence-electron chi connectivity index (χ2n) is 9.06. The zero-order valence-corrected chi connectivity index (χ0v) is 21.0. The van der Waals surface area contributed by atoms with Crippen LogP contribution in [0.15, 0.2) is 54.6 Å². The zero-order chi connectivity index (χ0) is 26.2. The fraction of sp³-hybridized carbons (Fsp3) is 0.407. The van der Waals surface area contributed by atoms with Gasteiger partial charge in [0, 0.05) is 56.1 Å². The highest BCUT2D eigenvalue weighted by Gasteiger charge is 2.34. The van der Waals surface area contributed by atoms with Crippen molar-refractivity contribution in [2.45, 2.75) is 19.4 Å². The standard InChI is InChI=1S/C27H33N5O5/c1-2-36-24(33)12-13-30-14-16-31(17-15-30)18-23-19-32(27(35)37-23)22-10-8-20(9-11-22)25(28)29-26(34)21-6-4-3-5-7-21/h3-11,23H,2,12-19H2,1H3,(H2,28,29,34)/t23-/m0/s1. The highest BCUT2D eigenvalue weighted by Crippen LogP contribution is 2.23. The van der Waals surface area contributed by atoms with Crippen molar-refractivity contribution in [2.75, 3.05) is 57.3 Å². The Hall–Kier alpha value is -3.76. The van der Waals surface area contributed by atoms with Gasteiger partial charge in [-0.1, -0.05) is 18.2 Å². The van der Waals surface area contributed by atoms with Crippen molar-refractivity contribution in [1.82, 2.24) is 15.1 Å². The summed E-state index contributed by atoms with van der Waals surface area (Å²) in [6.07, 6.45) is -0.222. The number of rotatable bonds is 9. The monoisotopic (exact) mass is 507 g/mol. The number of hydrogen-bond acceptors (Lipinski definition) is 8. The van der Waals surface area contributed by atoms with Gasteiger partial charge in [0.05, 0.1) is 19.6 Å². The lowest BCUT2D eigenvalue weighted by atomic mass is 10.1. The summed E-state index contributed by atoms with van der Waals surface area (Å²) in [7, 11) is 0. The molecule has 2 aromatic carbocycles. The van der Waals surface area contributed by atoms with Gasteiger partial charge in [-0.2, -0.15) is 0 Å². The fourth-order valence-corrected chi connectivity index (χ4v) is 4.45. The Morgan fingerprint density at radius 2 is 1.68 bits per heavy atom. The van der Waals surface area contributed by atoms with E-state index < -0.39 is 6.09 Å². The van der Waals surface area contributed by atoms with E-state index in [2.05, 4.69) is 15.1 Å². The summed E-state index contributed by atoms with van der Waals surface area (Å²) in [4.78, 5) is 42.5. The minimum Gasteiger partial charge on any atom is -0.466 e. The number of hydrogen-bond donors (Lipinski definition) is 2. The van der Waals surface area contributed by atoms with Crippen molar-refractivity contribution in [2.24, 2.45) is 0 Å². The lowest BCUT2D eigenvalue weighted by molar-refractivity contribution is -0.143. The number of carbonyl (C=O) groups is 3. The topological polar surface area (TPSA) is 115 Å². The summed E-state index contributed by atoms with van der Waals surface area (Å²) < 4.78 is 10.6. The van der Waals surface area contributed by atoms with Gasteiger partial charge in [-0.25, -0.2) is 4.79 Å². The first-order chi connectivity index (χ1) is 17.9. The van der Waals surface area contributed by atoms with Crippen LogP contribution in [0.5, 0.6) is 0 Å². The number of piperazine rings is 1. The van der Waals surface area contributed by atoms with Gasteiger partial charge in [0.2, 0.25) is 0 Å². The number of benzene rings is 2. The van der Waals surface area contributed by atoms with Crippen molar-refractivity contribution in [3.05, 3.63) is 65.7 Å². The fourth-order valence-electron chi connectivity index (χ4n) is 4.45. The number of amides is 2. The third-order valence-electron chi connectivity index (χ3n) is 6.48. The molecule has 10 heteroatoms. The van der Waals surface area contributed by atoms with E-state index in [1.54, 1.807) is 53.4 Å². The first-order valence-electron chi connectivity index (χ1n) is 12.6. The number of carbonyl (C=O) groups excluding carboxylic acids is 3. The first-order valence-corrected chi connectivity index (χ1v) is 12.6. The summed E-state index contributed by atoms with van der Waals surface area (Å²) in [5, 5.41) is 10.8. The van der Waals surface area contributed by atoms with E-state index in [0.29, 0.717) is 49.5 Å². The van der Waals surface area contributed by atoms with Crippen LogP contribution in [0, 0.1) is 5.41 Å². The molecule has 0 bridgehead atoms. The van der Waals surface area contributed by atoms with E-state index in [0.717, 1.165) is 26.2 Å². The molecular weight excluding hydrogens is 474 g/mol. The number of nitrogens with zero attached hydrogens (tertiary/aromatic N) is 3. The van der Waals surface area contributed by atoms with Crippen molar-refractivity contribution in [3.63, 3.8) is 0 Å². The molecule has 37 heavy (non-hydrogen) atoms. The van der Waals surface area contributed by atoms with Crippen LogP contribution in [0.2, 0.25) is 0 Å². The number of ether oxygens (including phenoxy) is 2. The molecule has 1 atom stereocenters. The maximum atomic E-state index is 12.5. The SMILES string of the molecule is CCOC(=O)CCN1CCN(C[C@H]2CN(c3ccc(C(=N)NC(=O)c4ccccc4)cc3)C(=O)O2)CC1. The molecular formula is C27H33N5O5. The molecule has 0 saturated carbocycles. The minimum atomic E-state index is -0.390. The van der Waals surface area contributed by atoms with Gasteiger partial charge in [-0.15, -0.1) is 0 Å². The van der Waals surface area contributed by atoms with E-state index in [-0.39, 0.29) is 23.8 Å². The van der Waals surface area contributed by atoms with E-state index in [1.807, 2.05) is 13.0 Å².